The summed E-state index contributed by atoms with van der Waals surface area (Å²) in [5, 5.41) is 9.27. The lowest BCUT2D eigenvalue weighted by Gasteiger charge is -2.00. The van der Waals surface area contributed by atoms with E-state index < -0.39 is 12.5 Å². The first-order valence-corrected chi connectivity index (χ1v) is 6.84. The van der Waals surface area contributed by atoms with E-state index in [-0.39, 0.29) is 11.3 Å². The maximum absolute atomic E-state index is 12.8. The Kier molecular flexibility index (Phi) is 3.87. The van der Waals surface area contributed by atoms with E-state index in [1.54, 1.807) is 19.2 Å². The van der Waals surface area contributed by atoms with Gasteiger partial charge in [0.25, 0.3) is 5.91 Å². The van der Waals surface area contributed by atoms with Gasteiger partial charge in [-0.3, -0.25) is 14.5 Å². The number of hydrogen-bond donors (Lipinski definition) is 3. The number of amides is 1. The molecule has 0 bridgehead atoms. The molecule has 122 valence electrons. The van der Waals surface area contributed by atoms with Crippen molar-refractivity contribution in [1.29, 1.82) is 0 Å². The smallest absolute Gasteiger partial charge is 0.320 e. The molecule has 0 aliphatic carbocycles. The Hall–Kier alpha value is -3.41. The SMILES string of the molecule is CNc1n[nH]c(C#Cc2ccc3c(c2)ncn3C(F)F)c1C(N)=O. The van der Waals surface area contributed by atoms with E-state index >= 15 is 0 Å². The lowest BCUT2D eigenvalue weighted by molar-refractivity contribution is 0.0746. The number of fused-ring (bicyclic) bond motifs is 1. The van der Waals surface area contributed by atoms with Crippen LogP contribution in [0.1, 0.15) is 28.2 Å². The highest BCUT2D eigenvalue weighted by molar-refractivity contribution is 5.99. The summed E-state index contributed by atoms with van der Waals surface area (Å²) in [7, 11) is 1.60. The number of carbonyl (C=O) groups excluding carboxylic acids is 1. The van der Waals surface area contributed by atoms with Crippen molar-refractivity contribution in [1.82, 2.24) is 19.7 Å². The molecule has 1 aromatic carbocycles. The zero-order chi connectivity index (χ0) is 17.3. The summed E-state index contributed by atoms with van der Waals surface area (Å²) in [5.41, 5.74) is 7.01. The molecule has 0 spiro atoms. The minimum absolute atomic E-state index is 0.160. The fourth-order valence-corrected chi connectivity index (χ4v) is 2.25. The second kappa shape index (κ2) is 6.00. The average Bonchev–Trinajstić information content (AvgIpc) is 3.15. The van der Waals surface area contributed by atoms with Crippen molar-refractivity contribution < 1.29 is 13.6 Å². The number of nitrogens with one attached hydrogen (secondary N) is 2. The summed E-state index contributed by atoms with van der Waals surface area (Å²) < 4.78 is 26.4. The Bertz CT molecular complexity index is 979. The number of nitrogens with two attached hydrogens (primary N) is 1. The van der Waals surface area contributed by atoms with Gasteiger partial charge in [0.05, 0.1) is 11.0 Å². The fourth-order valence-electron chi connectivity index (χ4n) is 2.25. The molecule has 1 amide bonds. The van der Waals surface area contributed by atoms with Gasteiger partial charge in [-0.1, -0.05) is 5.92 Å². The number of hydrogen-bond acceptors (Lipinski definition) is 4. The summed E-state index contributed by atoms with van der Waals surface area (Å²) >= 11 is 0. The van der Waals surface area contributed by atoms with Gasteiger partial charge in [-0.15, -0.1) is 0 Å². The number of aromatic amines is 1. The number of carbonyl (C=O) groups is 1. The molecule has 0 aliphatic heterocycles. The van der Waals surface area contributed by atoms with Crippen LogP contribution in [-0.2, 0) is 0 Å². The van der Waals surface area contributed by atoms with E-state index in [4.69, 9.17) is 5.73 Å². The number of alkyl halides is 2. The molecule has 2 aromatic heterocycles. The summed E-state index contributed by atoms with van der Waals surface area (Å²) in [6.07, 6.45) is 1.08. The maximum Gasteiger partial charge on any atom is 0.320 e. The molecule has 0 atom stereocenters. The average molecular weight is 330 g/mol. The van der Waals surface area contributed by atoms with E-state index in [0.717, 1.165) is 10.9 Å². The molecular weight excluding hydrogens is 318 g/mol. The van der Waals surface area contributed by atoms with E-state index in [0.29, 0.717) is 22.4 Å². The molecule has 0 radical (unpaired) electrons. The van der Waals surface area contributed by atoms with E-state index in [9.17, 15) is 13.6 Å². The highest BCUT2D eigenvalue weighted by Crippen LogP contribution is 2.20. The summed E-state index contributed by atoms with van der Waals surface area (Å²) in [6, 6.07) is 4.69. The summed E-state index contributed by atoms with van der Waals surface area (Å²) in [6.45, 7) is -2.66. The molecule has 9 heteroatoms. The van der Waals surface area contributed by atoms with Crippen LogP contribution in [0.5, 0.6) is 0 Å². The molecule has 3 rings (SSSR count). The van der Waals surface area contributed by atoms with Crippen molar-refractivity contribution in [3.05, 3.63) is 41.3 Å². The highest BCUT2D eigenvalue weighted by Gasteiger charge is 2.16. The number of primary amides is 1. The third kappa shape index (κ3) is 2.65. The van der Waals surface area contributed by atoms with Crippen LogP contribution in [0.15, 0.2) is 24.5 Å². The number of nitrogens with zero attached hydrogens (tertiary/aromatic N) is 3. The van der Waals surface area contributed by atoms with Gasteiger partial charge < -0.3 is 11.1 Å². The lowest BCUT2D eigenvalue weighted by Crippen LogP contribution is -2.13. The van der Waals surface area contributed by atoms with Gasteiger partial charge in [0, 0.05) is 12.6 Å². The largest absolute Gasteiger partial charge is 0.371 e. The standard InChI is InChI=1S/C15H12F2N6O/c1-19-14-12(13(18)24)9(21-22-14)4-2-8-3-5-11-10(6-8)20-7-23(11)15(16)17/h3,5-7,15H,1H3,(H2,18,24)(H2,19,21,22). The number of anilines is 1. The summed E-state index contributed by atoms with van der Waals surface area (Å²) in [5.74, 6) is 5.24. The van der Waals surface area contributed by atoms with Crippen LogP contribution in [0.25, 0.3) is 11.0 Å². The second-order valence-corrected chi connectivity index (χ2v) is 4.82. The molecule has 0 aliphatic rings. The number of imidazole rings is 1. The number of H-pyrrole nitrogens is 1. The molecular formula is C15H12F2N6O. The van der Waals surface area contributed by atoms with Gasteiger partial charge in [0.15, 0.2) is 5.82 Å². The molecule has 2 heterocycles. The molecule has 0 saturated carbocycles. The van der Waals surface area contributed by atoms with Crippen LogP contribution in [0.3, 0.4) is 0 Å². The van der Waals surface area contributed by atoms with Crippen molar-refractivity contribution in [3.8, 4) is 11.8 Å². The van der Waals surface area contributed by atoms with Crippen LogP contribution in [0.4, 0.5) is 14.6 Å². The van der Waals surface area contributed by atoms with Gasteiger partial charge in [-0.05, 0) is 24.1 Å². The van der Waals surface area contributed by atoms with Gasteiger partial charge >= 0.3 is 6.55 Å². The maximum atomic E-state index is 12.8. The minimum atomic E-state index is -2.66. The zero-order valence-corrected chi connectivity index (χ0v) is 12.5. The Labute approximate surface area is 134 Å². The molecule has 3 aromatic rings. The first kappa shape index (κ1) is 15.5. The van der Waals surface area contributed by atoms with E-state index in [1.807, 2.05) is 0 Å². The monoisotopic (exact) mass is 330 g/mol. The van der Waals surface area contributed by atoms with E-state index in [1.165, 1.54) is 6.07 Å². The molecule has 0 saturated heterocycles. The third-order valence-electron chi connectivity index (χ3n) is 3.37. The summed E-state index contributed by atoms with van der Waals surface area (Å²) in [4.78, 5) is 15.4. The molecule has 0 unspecified atom stereocenters. The van der Waals surface area contributed by atoms with Crippen LogP contribution >= 0.6 is 0 Å². The van der Waals surface area contributed by atoms with Crippen LogP contribution in [-0.4, -0.2) is 32.7 Å². The number of halogens is 2. The Morgan fingerprint density at radius 1 is 1.42 bits per heavy atom. The van der Waals surface area contributed by atoms with Crippen molar-refractivity contribution in [2.75, 3.05) is 12.4 Å². The van der Waals surface area contributed by atoms with Crippen LogP contribution in [0, 0.1) is 11.8 Å². The fraction of sp³-hybridized carbons (Fsp3) is 0.133. The van der Waals surface area contributed by atoms with Crippen LogP contribution < -0.4 is 11.1 Å². The van der Waals surface area contributed by atoms with Gasteiger partial charge in [0.2, 0.25) is 0 Å². The lowest BCUT2D eigenvalue weighted by atomic mass is 10.1. The van der Waals surface area contributed by atoms with Crippen molar-refractivity contribution >= 4 is 22.8 Å². The number of benzene rings is 1. The topological polar surface area (TPSA) is 102 Å². The first-order valence-electron chi connectivity index (χ1n) is 6.84. The predicted octanol–water partition coefficient (Wildman–Crippen LogP) is 1.69. The van der Waals surface area contributed by atoms with Crippen molar-refractivity contribution in [2.24, 2.45) is 5.73 Å². The zero-order valence-electron chi connectivity index (χ0n) is 12.5. The number of rotatable bonds is 3. The highest BCUT2D eigenvalue weighted by atomic mass is 19.3. The molecule has 24 heavy (non-hydrogen) atoms. The van der Waals surface area contributed by atoms with E-state index in [2.05, 4.69) is 32.3 Å². The van der Waals surface area contributed by atoms with Crippen molar-refractivity contribution in [3.63, 3.8) is 0 Å². The minimum Gasteiger partial charge on any atom is -0.371 e. The Morgan fingerprint density at radius 3 is 2.88 bits per heavy atom. The normalized spacial score (nSPS) is 10.7. The number of aromatic nitrogens is 4. The first-order chi connectivity index (χ1) is 11.5. The molecule has 0 fully saturated rings. The Balaban J connectivity index is 1.99. The predicted molar refractivity (Wildman–Crippen MR) is 83.6 cm³/mol. The van der Waals surface area contributed by atoms with Gasteiger partial charge in [-0.25, -0.2) is 4.98 Å². The molecule has 7 nitrogen and oxygen atoms in total. The van der Waals surface area contributed by atoms with Gasteiger partial charge in [0.1, 0.15) is 17.6 Å². The third-order valence-corrected chi connectivity index (χ3v) is 3.37. The quantitative estimate of drug-likeness (QED) is 0.636. The second-order valence-electron chi connectivity index (χ2n) is 4.82. The van der Waals surface area contributed by atoms with Crippen LogP contribution in [0.2, 0.25) is 0 Å². The molecule has 4 N–H and O–H groups in total. The van der Waals surface area contributed by atoms with Gasteiger partial charge in [-0.2, -0.15) is 13.9 Å². The van der Waals surface area contributed by atoms with Crippen molar-refractivity contribution in [2.45, 2.75) is 6.55 Å². The Morgan fingerprint density at radius 2 is 2.21 bits per heavy atom.